The summed E-state index contributed by atoms with van der Waals surface area (Å²) in [6.07, 6.45) is 1.53. The molecule has 0 aliphatic carbocycles. The number of hydrogen-bond donors (Lipinski definition) is 1. The van der Waals surface area contributed by atoms with E-state index in [0.29, 0.717) is 45.6 Å². The van der Waals surface area contributed by atoms with Crippen LogP contribution in [0.2, 0.25) is 5.02 Å². The summed E-state index contributed by atoms with van der Waals surface area (Å²) >= 11 is 6.46. The summed E-state index contributed by atoms with van der Waals surface area (Å²) in [5.41, 5.74) is 5.93. The number of nitrogens with one attached hydrogen (secondary N) is 1. The smallest absolute Gasteiger partial charge is 0.180 e. The van der Waals surface area contributed by atoms with Gasteiger partial charge in [-0.2, -0.15) is 10.4 Å². The average Bonchev–Trinajstić information content (AvgIpc) is 2.79. The number of hydrogen-bond acceptors (Lipinski definition) is 7. The number of aryl methyl sites for hydroxylation is 1. The first-order valence-electron chi connectivity index (χ1n) is 10.5. The van der Waals surface area contributed by atoms with E-state index in [4.69, 9.17) is 25.8 Å². The van der Waals surface area contributed by atoms with Crippen molar-refractivity contribution in [1.82, 2.24) is 4.98 Å². The number of rotatable bonds is 10. The summed E-state index contributed by atoms with van der Waals surface area (Å²) in [7, 11) is 1.56. The Balaban J connectivity index is 1.81. The van der Waals surface area contributed by atoms with Gasteiger partial charge in [0.1, 0.15) is 24.1 Å². The van der Waals surface area contributed by atoms with Crippen LogP contribution in [0.4, 0.5) is 10.2 Å². The Morgan fingerprint density at radius 2 is 2.03 bits per heavy atom. The van der Waals surface area contributed by atoms with Gasteiger partial charge in [-0.15, -0.1) is 0 Å². The average molecular weight is 483 g/mol. The maximum atomic E-state index is 13.4. The second-order valence-corrected chi connectivity index (χ2v) is 7.65. The zero-order chi connectivity index (χ0) is 24.5. The minimum atomic E-state index is -0.340. The van der Waals surface area contributed by atoms with Crippen molar-refractivity contribution in [2.45, 2.75) is 27.1 Å². The van der Waals surface area contributed by atoms with Gasteiger partial charge in [-0.05, 0) is 55.3 Å². The van der Waals surface area contributed by atoms with Gasteiger partial charge >= 0.3 is 0 Å². The second-order valence-electron chi connectivity index (χ2n) is 7.24. The highest BCUT2D eigenvalue weighted by Gasteiger charge is 2.14. The molecule has 0 saturated carbocycles. The standard InChI is InChI=1S/C25H24ClFN4O3/c1-4-33-23-11-18(10-22(26)24(23)34-14-17-6-5-7-20(27)9-17)13-29-31-25-21(12-28)19(15-32-3)8-16(2)30-25/h5-11,13H,4,14-15H2,1-3H3,(H,30,31)/b29-13-. The number of methoxy groups -OCH3 is 1. The van der Waals surface area contributed by atoms with E-state index in [-0.39, 0.29) is 19.0 Å². The molecule has 0 fully saturated rings. The van der Waals surface area contributed by atoms with Crippen LogP contribution in [0, 0.1) is 24.1 Å². The number of nitrogens with zero attached hydrogens (tertiary/aromatic N) is 3. The lowest BCUT2D eigenvalue weighted by molar-refractivity contribution is 0.184. The lowest BCUT2D eigenvalue weighted by Crippen LogP contribution is -2.04. The van der Waals surface area contributed by atoms with Gasteiger partial charge in [0.2, 0.25) is 0 Å². The van der Waals surface area contributed by atoms with E-state index in [0.717, 1.165) is 11.3 Å². The van der Waals surface area contributed by atoms with Crippen molar-refractivity contribution in [3.8, 4) is 17.6 Å². The van der Waals surface area contributed by atoms with E-state index in [2.05, 4.69) is 21.6 Å². The Bertz CT molecular complexity index is 1230. The van der Waals surface area contributed by atoms with Gasteiger partial charge < -0.3 is 14.2 Å². The number of aromatic nitrogens is 1. The molecule has 3 aromatic rings. The van der Waals surface area contributed by atoms with Crippen molar-refractivity contribution in [3.05, 3.63) is 81.3 Å². The number of pyridine rings is 1. The fourth-order valence-corrected chi connectivity index (χ4v) is 3.51. The van der Waals surface area contributed by atoms with Crippen LogP contribution in [0.5, 0.6) is 11.5 Å². The van der Waals surface area contributed by atoms with Crippen LogP contribution in [0.3, 0.4) is 0 Å². The van der Waals surface area contributed by atoms with E-state index in [1.54, 1.807) is 37.4 Å². The molecule has 7 nitrogen and oxygen atoms in total. The Hall–Kier alpha value is -3.67. The minimum Gasteiger partial charge on any atom is -0.490 e. The molecule has 0 bridgehead atoms. The first-order chi connectivity index (χ1) is 16.4. The number of hydrazone groups is 1. The SMILES string of the molecule is CCOc1cc(/C=N\Nc2nc(C)cc(COC)c2C#N)cc(Cl)c1OCc1cccc(F)c1. The van der Waals surface area contributed by atoms with Crippen LogP contribution in [0.25, 0.3) is 0 Å². The van der Waals surface area contributed by atoms with Crippen molar-refractivity contribution >= 4 is 23.6 Å². The molecular weight excluding hydrogens is 459 g/mol. The predicted molar refractivity (Wildman–Crippen MR) is 129 cm³/mol. The summed E-state index contributed by atoms with van der Waals surface area (Å²) in [5, 5.41) is 14.1. The van der Waals surface area contributed by atoms with Gasteiger partial charge in [-0.25, -0.2) is 9.37 Å². The van der Waals surface area contributed by atoms with Crippen molar-refractivity contribution in [2.24, 2.45) is 5.10 Å². The molecule has 0 aliphatic rings. The molecule has 0 unspecified atom stereocenters. The van der Waals surface area contributed by atoms with Crippen molar-refractivity contribution in [1.29, 1.82) is 5.26 Å². The molecule has 34 heavy (non-hydrogen) atoms. The monoisotopic (exact) mass is 482 g/mol. The molecule has 0 aliphatic heterocycles. The Kier molecular flexibility index (Phi) is 8.79. The van der Waals surface area contributed by atoms with Crippen LogP contribution in [-0.2, 0) is 18.0 Å². The van der Waals surface area contributed by atoms with E-state index in [1.807, 2.05) is 13.8 Å². The molecule has 3 rings (SSSR count). The summed E-state index contributed by atoms with van der Waals surface area (Å²) in [6, 6.07) is 13.5. The third kappa shape index (κ3) is 6.44. The number of anilines is 1. The molecule has 0 amide bonds. The molecule has 1 N–H and O–H groups in total. The van der Waals surface area contributed by atoms with Crippen LogP contribution in [0.1, 0.15) is 34.9 Å². The van der Waals surface area contributed by atoms with Crippen LogP contribution in [0.15, 0.2) is 47.6 Å². The first kappa shape index (κ1) is 25.0. The molecule has 0 spiro atoms. The molecule has 1 heterocycles. The highest BCUT2D eigenvalue weighted by atomic mass is 35.5. The quantitative estimate of drug-likeness (QED) is 0.298. The van der Waals surface area contributed by atoms with Gasteiger partial charge in [-0.1, -0.05) is 23.7 Å². The zero-order valence-electron chi connectivity index (χ0n) is 19.1. The van der Waals surface area contributed by atoms with E-state index in [1.165, 1.54) is 18.3 Å². The molecule has 9 heteroatoms. The highest BCUT2D eigenvalue weighted by molar-refractivity contribution is 6.32. The third-order valence-corrected chi connectivity index (χ3v) is 4.91. The van der Waals surface area contributed by atoms with Gasteiger partial charge in [-0.3, -0.25) is 5.43 Å². The van der Waals surface area contributed by atoms with Crippen molar-refractivity contribution in [2.75, 3.05) is 19.1 Å². The summed E-state index contributed by atoms with van der Waals surface area (Å²) < 4.78 is 30.1. The molecule has 176 valence electrons. The molecular formula is C25H24ClFN4O3. The van der Waals surface area contributed by atoms with Gasteiger partial charge in [0, 0.05) is 18.4 Å². The summed E-state index contributed by atoms with van der Waals surface area (Å²) in [6.45, 7) is 4.48. The van der Waals surface area contributed by atoms with Crippen molar-refractivity contribution in [3.63, 3.8) is 0 Å². The van der Waals surface area contributed by atoms with Gasteiger partial charge in [0.15, 0.2) is 17.3 Å². The Labute approximate surface area is 202 Å². The topological polar surface area (TPSA) is 88.8 Å². The van der Waals surface area contributed by atoms with E-state index >= 15 is 0 Å². The molecule has 0 saturated heterocycles. The van der Waals surface area contributed by atoms with Crippen LogP contribution in [-0.4, -0.2) is 24.9 Å². The Morgan fingerprint density at radius 1 is 1.21 bits per heavy atom. The lowest BCUT2D eigenvalue weighted by atomic mass is 10.1. The van der Waals surface area contributed by atoms with Gasteiger partial charge in [0.05, 0.1) is 24.5 Å². The third-order valence-electron chi connectivity index (χ3n) is 4.63. The second kappa shape index (κ2) is 12.0. The fourth-order valence-electron chi connectivity index (χ4n) is 3.23. The zero-order valence-corrected chi connectivity index (χ0v) is 19.8. The summed E-state index contributed by atoms with van der Waals surface area (Å²) in [5.74, 6) is 0.779. The summed E-state index contributed by atoms with van der Waals surface area (Å²) in [4.78, 5) is 4.36. The largest absolute Gasteiger partial charge is 0.490 e. The highest BCUT2D eigenvalue weighted by Crippen LogP contribution is 2.37. The molecule has 0 radical (unpaired) electrons. The van der Waals surface area contributed by atoms with E-state index < -0.39 is 0 Å². The number of benzene rings is 2. The van der Waals surface area contributed by atoms with Gasteiger partial charge in [0.25, 0.3) is 0 Å². The normalized spacial score (nSPS) is 10.8. The minimum absolute atomic E-state index is 0.131. The lowest BCUT2D eigenvalue weighted by Gasteiger charge is -2.14. The van der Waals surface area contributed by atoms with Crippen molar-refractivity contribution < 1.29 is 18.6 Å². The fraction of sp³-hybridized carbons (Fsp3) is 0.240. The molecule has 0 atom stereocenters. The first-order valence-corrected chi connectivity index (χ1v) is 10.8. The maximum absolute atomic E-state index is 13.4. The number of halogens is 2. The van der Waals surface area contributed by atoms with E-state index in [9.17, 15) is 9.65 Å². The number of ether oxygens (including phenoxy) is 3. The van der Waals surface area contributed by atoms with Crippen LogP contribution < -0.4 is 14.9 Å². The Morgan fingerprint density at radius 3 is 2.74 bits per heavy atom. The maximum Gasteiger partial charge on any atom is 0.180 e. The predicted octanol–water partition coefficient (Wildman–Crippen LogP) is 5.62. The number of nitriles is 1. The molecule has 1 aromatic heterocycles. The molecule has 2 aromatic carbocycles. The van der Waals surface area contributed by atoms with Crippen LogP contribution >= 0.6 is 11.6 Å².